The first-order valence-electron chi connectivity index (χ1n) is 6.79. The van der Waals surface area contributed by atoms with Crippen molar-refractivity contribution in [3.05, 3.63) is 22.2 Å². The molecule has 2 rings (SSSR count). The Hall–Kier alpha value is -0.590. The molecule has 0 amide bonds. The van der Waals surface area contributed by atoms with E-state index in [1.165, 1.54) is 0 Å². The maximum absolute atomic E-state index is 12.8. The maximum atomic E-state index is 12.8. The van der Waals surface area contributed by atoms with Crippen LogP contribution in [-0.2, 0) is 10.0 Å². The van der Waals surface area contributed by atoms with Crippen molar-refractivity contribution in [1.82, 2.24) is 4.31 Å². The smallest absolute Gasteiger partial charge is 0.243 e. The molecule has 2 unspecified atom stereocenters. The lowest BCUT2D eigenvalue weighted by atomic mass is 9.90. The van der Waals surface area contributed by atoms with Crippen LogP contribution >= 0.6 is 15.9 Å². The minimum absolute atomic E-state index is 0.311. The molecule has 0 bridgehead atoms. The van der Waals surface area contributed by atoms with Crippen molar-refractivity contribution in [3.8, 4) is 0 Å². The van der Waals surface area contributed by atoms with Gasteiger partial charge in [-0.25, -0.2) is 8.42 Å². The molecule has 0 aliphatic carbocycles. The Kier molecular flexibility index (Phi) is 4.47. The van der Waals surface area contributed by atoms with Gasteiger partial charge in [0.1, 0.15) is 0 Å². The number of hydrogen-bond donors (Lipinski definition) is 1. The number of nitrogens with two attached hydrogens (primary N) is 1. The average molecular weight is 361 g/mol. The molecular formula is C14H21BrN2O2S. The van der Waals surface area contributed by atoms with Gasteiger partial charge in [0.05, 0.1) is 4.90 Å². The summed E-state index contributed by atoms with van der Waals surface area (Å²) in [5, 5.41) is 0. The van der Waals surface area contributed by atoms with Crippen LogP contribution in [0, 0.1) is 18.8 Å². The zero-order chi connectivity index (χ0) is 15.1. The van der Waals surface area contributed by atoms with Crippen molar-refractivity contribution < 1.29 is 8.42 Å². The van der Waals surface area contributed by atoms with Gasteiger partial charge >= 0.3 is 0 Å². The third-order valence-electron chi connectivity index (χ3n) is 4.28. The molecule has 0 aromatic heterocycles. The van der Waals surface area contributed by atoms with Crippen molar-refractivity contribution in [2.75, 3.05) is 18.8 Å². The molecule has 6 heteroatoms. The molecule has 20 heavy (non-hydrogen) atoms. The van der Waals surface area contributed by atoms with E-state index in [2.05, 4.69) is 29.8 Å². The predicted molar refractivity (Wildman–Crippen MR) is 85.0 cm³/mol. The van der Waals surface area contributed by atoms with E-state index in [-0.39, 0.29) is 0 Å². The lowest BCUT2D eigenvalue weighted by Crippen LogP contribution is -2.42. The van der Waals surface area contributed by atoms with Crippen molar-refractivity contribution in [3.63, 3.8) is 0 Å². The highest BCUT2D eigenvalue weighted by molar-refractivity contribution is 9.10. The van der Waals surface area contributed by atoms with E-state index in [9.17, 15) is 8.42 Å². The highest BCUT2D eigenvalue weighted by atomic mass is 79.9. The van der Waals surface area contributed by atoms with Gasteiger partial charge in [-0.15, -0.1) is 0 Å². The number of nitrogens with zero attached hydrogens (tertiary/aromatic N) is 1. The van der Waals surface area contributed by atoms with E-state index in [1.54, 1.807) is 23.4 Å². The van der Waals surface area contributed by atoms with E-state index >= 15 is 0 Å². The molecule has 1 aromatic carbocycles. The van der Waals surface area contributed by atoms with Crippen LogP contribution in [0.2, 0.25) is 0 Å². The van der Waals surface area contributed by atoms with Crippen LogP contribution in [-0.4, -0.2) is 25.8 Å². The van der Waals surface area contributed by atoms with Crippen LogP contribution < -0.4 is 5.73 Å². The number of anilines is 1. The van der Waals surface area contributed by atoms with Gasteiger partial charge in [-0.2, -0.15) is 4.31 Å². The Balaban J connectivity index is 2.41. The zero-order valence-electron chi connectivity index (χ0n) is 12.1. The first-order valence-corrected chi connectivity index (χ1v) is 9.02. The van der Waals surface area contributed by atoms with E-state index in [0.717, 1.165) is 6.42 Å². The molecule has 112 valence electrons. The van der Waals surface area contributed by atoms with Crippen molar-refractivity contribution in [2.24, 2.45) is 11.8 Å². The number of sulfonamides is 1. The quantitative estimate of drug-likeness (QED) is 0.824. The van der Waals surface area contributed by atoms with Gasteiger partial charge in [-0.1, -0.05) is 29.8 Å². The van der Waals surface area contributed by atoms with Crippen LogP contribution in [0.1, 0.15) is 25.8 Å². The number of hydrogen-bond acceptors (Lipinski definition) is 3. The van der Waals surface area contributed by atoms with Gasteiger partial charge in [-0.3, -0.25) is 0 Å². The normalized spacial score (nSPS) is 24.8. The van der Waals surface area contributed by atoms with Crippen LogP contribution in [0.3, 0.4) is 0 Å². The van der Waals surface area contributed by atoms with Gasteiger partial charge in [0.25, 0.3) is 0 Å². The fourth-order valence-electron chi connectivity index (χ4n) is 2.52. The van der Waals surface area contributed by atoms with E-state index in [1.807, 2.05) is 0 Å². The number of benzene rings is 1. The maximum Gasteiger partial charge on any atom is 0.243 e. The summed E-state index contributed by atoms with van der Waals surface area (Å²) in [6, 6.07) is 3.37. The minimum atomic E-state index is -3.47. The second-order valence-electron chi connectivity index (χ2n) is 5.72. The van der Waals surface area contributed by atoms with Gasteiger partial charge in [0, 0.05) is 23.2 Å². The lowest BCUT2D eigenvalue weighted by molar-refractivity contribution is 0.212. The summed E-state index contributed by atoms with van der Waals surface area (Å²) in [5.41, 5.74) is 7.01. The Morgan fingerprint density at radius 2 is 1.95 bits per heavy atom. The van der Waals surface area contributed by atoms with E-state index < -0.39 is 10.0 Å². The fourth-order valence-corrected chi connectivity index (χ4v) is 4.99. The Morgan fingerprint density at radius 3 is 2.55 bits per heavy atom. The summed E-state index contributed by atoms with van der Waals surface area (Å²) in [4.78, 5) is 0.311. The lowest BCUT2D eigenvalue weighted by Gasteiger charge is -2.34. The molecule has 0 saturated carbocycles. The Labute approximate surface area is 129 Å². The molecule has 0 spiro atoms. The molecular weight excluding hydrogens is 340 g/mol. The molecule has 1 aromatic rings. The Morgan fingerprint density at radius 1 is 1.30 bits per heavy atom. The average Bonchev–Trinajstić information content (AvgIpc) is 2.36. The van der Waals surface area contributed by atoms with Crippen molar-refractivity contribution in [2.45, 2.75) is 32.1 Å². The second-order valence-corrected chi connectivity index (χ2v) is 8.55. The largest absolute Gasteiger partial charge is 0.398 e. The number of nitrogen functional groups attached to an aromatic ring is 1. The molecule has 1 heterocycles. The van der Waals surface area contributed by atoms with E-state index in [4.69, 9.17) is 5.73 Å². The number of rotatable bonds is 2. The molecule has 2 atom stereocenters. The first-order chi connectivity index (χ1) is 9.23. The van der Waals surface area contributed by atoms with Crippen LogP contribution in [0.15, 0.2) is 21.5 Å². The van der Waals surface area contributed by atoms with Crippen LogP contribution in [0.4, 0.5) is 5.69 Å². The topological polar surface area (TPSA) is 63.4 Å². The third kappa shape index (κ3) is 2.87. The van der Waals surface area contributed by atoms with Crippen molar-refractivity contribution in [1.29, 1.82) is 0 Å². The highest BCUT2D eigenvalue weighted by Crippen LogP contribution is 2.32. The fraction of sp³-hybridized carbons (Fsp3) is 0.571. The molecule has 1 aliphatic rings. The van der Waals surface area contributed by atoms with Gasteiger partial charge in [-0.05, 0) is 42.9 Å². The standard InChI is InChI=1S/C14H21BrN2O2S/c1-9-4-5-17(8-10(9)2)20(18,19)14-7-12(15)6-13(16)11(14)3/h6-7,9-10H,4-5,8,16H2,1-3H3. The van der Waals surface area contributed by atoms with Gasteiger partial charge in [0.2, 0.25) is 10.0 Å². The molecule has 4 nitrogen and oxygen atoms in total. The van der Waals surface area contributed by atoms with Gasteiger partial charge < -0.3 is 5.73 Å². The molecule has 1 fully saturated rings. The second kappa shape index (κ2) is 5.66. The van der Waals surface area contributed by atoms with Crippen LogP contribution in [0.5, 0.6) is 0 Å². The summed E-state index contributed by atoms with van der Waals surface area (Å²) in [7, 11) is -3.47. The summed E-state index contributed by atoms with van der Waals surface area (Å²) < 4.78 is 27.9. The zero-order valence-corrected chi connectivity index (χ0v) is 14.5. The molecule has 0 radical (unpaired) electrons. The monoisotopic (exact) mass is 360 g/mol. The van der Waals surface area contributed by atoms with Crippen LogP contribution in [0.25, 0.3) is 0 Å². The van der Waals surface area contributed by atoms with Crippen molar-refractivity contribution >= 4 is 31.6 Å². The summed E-state index contributed by atoms with van der Waals surface area (Å²) in [6.45, 7) is 7.20. The highest BCUT2D eigenvalue weighted by Gasteiger charge is 2.33. The summed E-state index contributed by atoms with van der Waals surface area (Å²) in [6.07, 6.45) is 0.906. The van der Waals surface area contributed by atoms with E-state index in [0.29, 0.717) is 45.5 Å². The number of piperidine rings is 1. The molecule has 1 saturated heterocycles. The Bertz CT molecular complexity index is 616. The summed E-state index contributed by atoms with van der Waals surface area (Å²) in [5.74, 6) is 0.943. The summed E-state index contributed by atoms with van der Waals surface area (Å²) >= 11 is 3.32. The molecule has 2 N–H and O–H groups in total. The predicted octanol–water partition coefficient (Wildman–Crippen LogP) is 3.01. The SMILES string of the molecule is Cc1c(N)cc(Br)cc1S(=O)(=O)N1CCC(C)C(C)C1. The minimum Gasteiger partial charge on any atom is -0.398 e. The first kappa shape index (κ1) is 15.8. The number of halogens is 1. The van der Waals surface area contributed by atoms with Gasteiger partial charge in [0.15, 0.2) is 0 Å². The third-order valence-corrected chi connectivity index (χ3v) is 6.73. The molecule has 1 aliphatic heterocycles.